The summed E-state index contributed by atoms with van der Waals surface area (Å²) in [4.78, 5) is 5.20. The standard InChI is InChI=1S/C20H25FN4O/c1-2-17-22-23-18(26-17)12-25-11-16(13-3-5-15(21)6-4-13)20-19(25)14-7-9-24(20)10-8-14/h3-6,14,16,19-20H,2,7-12H2,1H3/t16-,19+,20+/m0/s1. The number of benzene rings is 1. The number of aromatic nitrogens is 2. The lowest BCUT2D eigenvalue weighted by Crippen LogP contribution is -2.60. The quantitative estimate of drug-likeness (QED) is 0.843. The van der Waals surface area contributed by atoms with Gasteiger partial charge in [0.05, 0.1) is 6.54 Å². The number of piperidine rings is 3. The fourth-order valence-electron chi connectivity index (χ4n) is 5.39. The summed E-state index contributed by atoms with van der Waals surface area (Å²) in [5.41, 5.74) is 1.25. The smallest absolute Gasteiger partial charge is 0.230 e. The van der Waals surface area contributed by atoms with E-state index in [0.29, 0.717) is 23.9 Å². The first-order chi connectivity index (χ1) is 12.7. The molecule has 0 N–H and O–H groups in total. The predicted molar refractivity (Wildman–Crippen MR) is 95.1 cm³/mol. The van der Waals surface area contributed by atoms with E-state index in [9.17, 15) is 4.39 Å². The van der Waals surface area contributed by atoms with Crippen LogP contribution in [0.3, 0.4) is 0 Å². The molecular weight excluding hydrogens is 331 g/mol. The molecule has 0 saturated carbocycles. The van der Waals surface area contributed by atoms with Crippen LogP contribution in [0.1, 0.15) is 43.0 Å². The summed E-state index contributed by atoms with van der Waals surface area (Å²) in [7, 11) is 0. The molecule has 1 aromatic heterocycles. The van der Waals surface area contributed by atoms with Crippen molar-refractivity contribution in [3.63, 3.8) is 0 Å². The van der Waals surface area contributed by atoms with E-state index in [4.69, 9.17) is 4.42 Å². The summed E-state index contributed by atoms with van der Waals surface area (Å²) in [6.07, 6.45) is 3.32. The molecule has 0 unspecified atom stereocenters. The fraction of sp³-hybridized carbons (Fsp3) is 0.600. The summed E-state index contributed by atoms with van der Waals surface area (Å²) in [6.45, 7) is 6.10. The fourth-order valence-corrected chi connectivity index (χ4v) is 5.39. The molecule has 2 aromatic rings. The summed E-state index contributed by atoms with van der Waals surface area (Å²) in [5, 5.41) is 8.36. The van der Waals surface area contributed by atoms with Crippen molar-refractivity contribution in [2.24, 2.45) is 5.92 Å². The maximum Gasteiger partial charge on any atom is 0.230 e. The van der Waals surface area contributed by atoms with E-state index in [-0.39, 0.29) is 5.82 Å². The number of hydrogen-bond donors (Lipinski definition) is 0. The van der Waals surface area contributed by atoms with Crippen LogP contribution in [0.4, 0.5) is 4.39 Å². The van der Waals surface area contributed by atoms with Gasteiger partial charge in [-0.15, -0.1) is 10.2 Å². The van der Waals surface area contributed by atoms with E-state index in [1.54, 1.807) is 12.1 Å². The largest absolute Gasteiger partial charge is 0.424 e. The molecule has 4 aliphatic rings. The maximum atomic E-state index is 13.4. The first-order valence-electron chi connectivity index (χ1n) is 9.77. The van der Waals surface area contributed by atoms with Crippen LogP contribution in [-0.2, 0) is 13.0 Å². The molecule has 4 aliphatic heterocycles. The molecule has 3 atom stereocenters. The summed E-state index contributed by atoms with van der Waals surface area (Å²) in [5.74, 6) is 2.42. The highest BCUT2D eigenvalue weighted by atomic mass is 19.1. The van der Waals surface area contributed by atoms with Crippen molar-refractivity contribution in [3.05, 3.63) is 47.4 Å². The number of rotatable bonds is 4. The molecule has 4 fully saturated rings. The third kappa shape index (κ3) is 2.67. The molecule has 0 aliphatic carbocycles. The van der Waals surface area contributed by atoms with E-state index >= 15 is 0 Å². The zero-order valence-corrected chi connectivity index (χ0v) is 15.1. The van der Waals surface area contributed by atoms with E-state index in [1.807, 2.05) is 19.1 Å². The van der Waals surface area contributed by atoms with Crippen molar-refractivity contribution < 1.29 is 8.81 Å². The Morgan fingerprint density at radius 1 is 1.08 bits per heavy atom. The highest BCUT2D eigenvalue weighted by Crippen LogP contribution is 2.46. The van der Waals surface area contributed by atoms with Gasteiger partial charge in [0, 0.05) is 31.0 Å². The monoisotopic (exact) mass is 356 g/mol. The Morgan fingerprint density at radius 2 is 1.81 bits per heavy atom. The molecule has 0 amide bonds. The van der Waals surface area contributed by atoms with Crippen LogP contribution in [0.2, 0.25) is 0 Å². The predicted octanol–water partition coefficient (Wildman–Crippen LogP) is 2.83. The molecule has 4 saturated heterocycles. The Bertz CT molecular complexity index is 768. The zero-order chi connectivity index (χ0) is 17.7. The van der Waals surface area contributed by atoms with Gasteiger partial charge in [-0.2, -0.15) is 0 Å². The molecule has 6 heteroatoms. The number of hydrogen-bond acceptors (Lipinski definition) is 5. The van der Waals surface area contributed by atoms with Gasteiger partial charge in [0.15, 0.2) is 0 Å². The van der Waals surface area contributed by atoms with E-state index in [0.717, 1.165) is 31.3 Å². The lowest BCUT2D eigenvalue weighted by atomic mass is 9.75. The topological polar surface area (TPSA) is 45.4 Å². The minimum Gasteiger partial charge on any atom is -0.424 e. The molecule has 2 bridgehead atoms. The number of fused-ring (bicyclic) bond motifs is 2. The zero-order valence-electron chi connectivity index (χ0n) is 15.1. The number of halogens is 1. The van der Waals surface area contributed by atoms with Gasteiger partial charge in [-0.25, -0.2) is 4.39 Å². The highest BCUT2D eigenvalue weighted by molar-refractivity contribution is 5.27. The van der Waals surface area contributed by atoms with Crippen LogP contribution in [-0.4, -0.2) is 51.7 Å². The van der Waals surface area contributed by atoms with Gasteiger partial charge in [0.2, 0.25) is 11.8 Å². The van der Waals surface area contributed by atoms with Gasteiger partial charge in [0.1, 0.15) is 5.82 Å². The number of nitrogens with zero attached hydrogens (tertiary/aromatic N) is 4. The van der Waals surface area contributed by atoms with E-state index in [1.165, 1.54) is 31.5 Å². The number of aryl methyl sites for hydroxylation is 1. The SMILES string of the molecule is CCc1nnc(CN2C[C@@H](c3ccc(F)cc3)[C@@H]3[C@H]2C2CCN3CC2)o1. The average molecular weight is 356 g/mol. The van der Waals surface area contributed by atoms with Gasteiger partial charge in [-0.05, 0) is 49.5 Å². The van der Waals surface area contributed by atoms with Crippen LogP contribution < -0.4 is 0 Å². The van der Waals surface area contributed by atoms with Crippen LogP contribution in [0.15, 0.2) is 28.7 Å². The Balaban J connectivity index is 1.45. The Morgan fingerprint density at radius 3 is 2.50 bits per heavy atom. The first kappa shape index (κ1) is 16.4. The van der Waals surface area contributed by atoms with Gasteiger partial charge < -0.3 is 4.42 Å². The minimum absolute atomic E-state index is 0.163. The van der Waals surface area contributed by atoms with Crippen molar-refractivity contribution in [1.29, 1.82) is 0 Å². The van der Waals surface area contributed by atoms with Crippen molar-refractivity contribution in [1.82, 2.24) is 20.0 Å². The second kappa shape index (κ2) is 6.43. The molecule has 0 radical (unpaired) electrons. The second-order valence-corrected chi connectivity index (χ2v) is 7.89. The summed E-state index contributed by atoms with van der Waals surface area (Å²) in [6, 6.07) is 8.16. The second-order valence-electron chi connectivity index (χ2n) is 7.89. The average Bonchev–Trinajstić information content (AvgIpc) is 3.30. The van der Waals surface area contributed by atoms with Gasteiger partial charge in [-0.3, -0.25) is 9.80 Å². The Hall–Kier alpha value is -1.79. The van der Waals surface area contributed by atoms with Gasteiger partial charge >= 0.3 is 0 Å². The Labute approximate surface area is 153 Å². The summed E-state index contributed by atoms with van der Waals surface area (Å²) >= 11 is 0. The van der Waals surface area contributed by atoms with E-state index in [2.05, 4.69) is 20.0 Å². The normalized spacial score (nSPS) is 33.5. The van der Waals surface area contributed by atoms with Gasteiger partial charge in [0.25, 0.3) is 0 Å². The summed E-state index contributed by atoms with van der Waals surface area (Å²) < 4.78 is 19.2. The minimum atomic E-state index is -0.163. The molecule has 0 spiro atoms. The highest BCUT2D eigenvalue weighted by Gasteiger charge is 2.53. The van der Waals surface area contributed by atoms with Crippen molar-refractivity contribution >= 4 is 0 Å². The maximum absolute atomic E-state index is 13.4. The molecule has 6 rings (SSSR count). The molecule has 138 valence electrons. The Kier molecular flexibility index (Phi) is 4.05. The van der Waals surface area contributed by atoms with Gasteiger partial charge in [-0.1, -0.05) is 19.1 Å². The van der Waals surface area contributed by atoms with E-state index < -0.39 is 0 Å². The lowest BCUT2D eigenvalue weighted by Gasteiger charge is -2.51. The molecule has 26 heavy (non-hydrogen) atoms. The van der Waals surface area contributed by atoms with Crippen molar-refractivity contribution in [2.75, 3.05) is 19.6 Å². The molecule has 5 heterocycles. The third-order valence-electron chi connectivity index (χ3n) is 6.54. The molecule has 5 nitrogen and oxygen atoms in total. The van der Waals surface area contributed by atoms with Crippen molar-refractivity contribution in [2.45, 2.75) is 50.7 Å². The van der Waals surface area contributed by atoms with Crippen molar-refractivity contribution in [3.8, 4) is 0 Å². The first-order valence-corrected chi connectivity index (χ1v) is 9.77. The van der Waals surface area contributed by atoms with Crippen LogP contribution in [0.5, 0.6) is 0 Å². The van der Waals surface area contributed by atoms with Crippen LogP contribution in [0.25, 0.3) is 0 Å². The third-order valence-corrected chi connectivity index (χ3v) is 6.54. The molecule has 1 aromatic carbocycles. The van der Waals surface area contributed by atoms with Crippen LogP contribution in [0, 0.1) is 11.7 Å². The number of likely N-dealkylation sites (tertiary alicyclic amines) is 1. The molecular formula is C20H25FN4O. The van der Waals surface area contributed by atoms with Crippen LogP contribution >= 0.6 is 0 Å². The lowest BCUT2D eigenvalue weighted by molar-refractivity contribution is -0.0106.